The van der Waals surface area contributed by atoms with Crippen LogP contribution in [0.5, 0.6) is 0 Å². The first kappa shape index (κ1) is 17.0. The molecule has 1 amide bonds. The van der Waals surface area contributed by atoms with Gasteiger partial charge in [0.1, 0.15) is 0 Å². The highest BCUT2D eigenvalue weighted by molar-refractivity contribution is 7.91. The van der Waals surface area contributed by atoms with E-state index in [4.69, 9.17) is 11.6 Å². The highest BCUT2D eigenvalue weighted by atomic mass is 35.5. The van der Waals surface area contributed by atoms with Gasteiger partial charge in [0, 0.05) is 41.6 Å². The number of rotatable bonds is 1. The number of thiophene rings is 1. The Bertz CT molecular complexity index is 960. The summed E-state index contributed by atoms with van der Waals surface area (Å²) in [5.41, 5.74) is 1.35. The molecule has 0 bridgehead atoms. The number of benzene rings is 1. The van der Waals surface area contributed by atoms with E-state index in [0.29, 0.717) is 34.1 Å². The normalized spacial score (nSPS) is 19.4. The molecule has 0 saturated carbocycles. The number of amides is 1. The third-order valence-corrected chi connectivity index (χ3v) is 7.81. The van der Waals surface area contributed by atoms with Crippen molar-refractivity contribution in [2.75, 3.05) is 33.2 Å². The number of likely N-dealkylation sites (N-methyl/N-ethyl adjacent to an activating group) is 1. The molecule has 0 N–H and O–H groups in total. The molecule has 8 heteroatoms. The summed E-state index contributed by atoms with van der Waals surface area (Å²) in [5, 5.41) is 0.399. The third kappa shape index (κ3) is 2.99. The van der Waals surface area contributed by atoms with Gasteiger partial charge < -0.3 is 9.80 Å². The molecule has 1 aromatic carbocycles. The zero-order chi connectivity index (χ0) is 17.8. The van der Waals surface area contributed by atoms with Crippen LogP contribution in [0.15, 0.2) is 29.2 Å². The molecule has 2 aromatic rings. The van der Waals surface area contributed by atoms with Gasteiger partial charge in [0.25, 0.3) is 5.91 Å². The van der Waals surface area contributed by atoms with Gasteiger partial charge in [0.05, 0.1) is 15.5 Å². The van der Waals surface area contributed by atoms with E-state index in [0.717, 1.165) is 18.0 Å². The number of sulfone groups is 1. The van der Waals surface area contributed by atoms with Gasteiger partial charge in [0.15, 0.2) is 9.84 Å². The van der Waals surface area contributed by atoms with Crippen molar-refractivity contribution in [3.63, 3.8) is 0 Å². The molecule has 5 nitrogen and oxygen atoms in total. The van der Waals surface area contributed by atoms with E-state index in [-0.39, 0.29) is 16.6 Å². The average Bonchev–Trinajstić information content (AvgIpc) is 2.98. The van der Waals surface area contributed by atoms with Crippen molar-refractivity contribution in [1.82, 2.24) is 9.80 Å². The van der Waals surface area contributed by atoms with Crippen LogP contribution in [0.3, 0.4) is 0 Å². The van der Waals surface area contributed by atoms with Crippen molar-refractivity contribution in [3.05, 3.63) is 39.7 Å². The first-order valence-electron chi connectivity index (χ1n) is 7.98. The van der Waals surface area contributed by atoms with E-state index in [9.17, 15) is 13.2 Å². The standard InChI is InChI=1S/C17H17ClN2O3S2/c1-19-4-6-20(7-5-19)17(21)14-8-11-10-25(22,23)15-9-12(18)2-3-13(15)16(11)24-14/h2-3,8-9H,4-7,10H2,1H3. The molecule has 1 saturated heterocycles. The quantitative estimate of drug-likeness (QED) is 0.743. The molecule has 2 aliphatic rings. The Morgan fingerprint density at radius 2 is 1.88 bits per heavy atom. The van der Waals surface area contributed by atoms with Crippen LogP contribution in [0.2, 0.25) is 5.02 Å². The van der Waals surface area contributed by atoms with Gasteiger partial charge in [-0.25, -0.2) is 8.42 Å². The summed E-state index contributed by atoms with van der Waals surface area (Å²) in [7, 11) is -1.39. The molecule has 3 heterocycles. The van der Waals surface area contributed by atoms with Gasteiger partial charge in [0.2, 0.25) is 0 Å². The van der Waals surface area contributed by atoms with Gasteiger partial charge in [-0.05, 0) is 30.8 Å². The maximum absolute atomic E-state index is 12.8. The minimum absolute atomic E-state index is 0.0135. The molecule has 2 aliphatic heterocycles. The van der Waals surface area contributed by atoms with Crippen LogP contribution in [0.1, 0.15) is 15.2 Å². The van der Waals surface area contributed by atoms with Crippen LogP contribution in [0.4, 0.5) is 0 Å². The van der Waals surface area contributed by atoms with Crippen LogP contribution < -0.4 is 0 Å². The zero-order valence-corrected chi connectivity index (χ0v) is 16.0. The number of nitrogens with zero attached hydrogens (tertiary/aromatic N) is 2. The Morgan fingerprint density at radius 3 is 2.60 bits per heavy atom. The lowest BCUT2D eigenvalue weighted by Gasteiger charge is -2.32. The second-order valence-electron chi connectivity index (χ2n) is 6.46. The van der Waals surface area contributed by atoms with Gasteiger partial charge in [-0.3, -0.25) is 4.79 Å². The molecule has 4 rings (SSSR count). The predicted octanol–water partition coefficient (Wildman–Crippen LogP) is 2.74. The summed E-state index contributed by atoms with van der Waals surface area (Å²) in [4.78, 5) is 18.6. The second-order valence-corrected chi connectivity index (χ2v) is 9.91. The lowest BCUT2D eigenvalue weighted by atomic mass is 10.1. The molecular formula is C17H17ClN2O3S2. The number of halogens is 1. The summed E-state index contributed by atoms with van der Waals surface area (Å²) in [6.07, 6.45) is 0. The first-order valence-corrected chi connectivity index (χ1v) is 10.8. The smallest absolute Gasteiger partial charge is 0.264 e. The van der Waals surface area contributed by atoms with Crippen LogP contribution in [-0.2, 0) is 15.6 Å². The minimum Gasteiger partial charge on any atom is -0.335 e. The Kier molecular flexibility index (Phi) is 4.15. The minimum atomic E-state index is -3.43. The van der Waals surface area contributed by atoms with Crippen molar-refractivity contribution < 1.29 is 13.2 Å². The van der Waals surface area contributed by atoms with Gasteiger partial charge in [-0.15, -0.1) is 11.3 Å². The fourth-order valence-electron chi connectivity index (χ4n) is 3.26. The molecule has 0 radical (unpaired) electrons. The number of carbonyl (C=O) groups is 1. The lowest BCUT2D eigenvalue weighted by Crippen LogP contribution is -2.46. The van der Waals surface area contributed by atoms with Gasteiger partial charge in [-0.1, -0.05) is 17.7 Å². The van der Waals surface area contributed by atoms with Crippen LogP contribution in [-0.4, -0.2) is 57.4 Å². The van der Waals surface area contributed by atoms with Crippen molar-refractivity contribution in [3.8, 4) is 10.4 Å². The highest BCUT2D eigenvalue weighted by Crippen LogP contribution is 2.43. The van der Waals surface area contributed by atoms with Crippen molar-refractivity contribution in [2.24, 2.45) is 0 Å². The van der Waals surface area contributed by atoms with E-state index in [1.54, 1.807) is 18.2 Å². The van der Waals surface area contributed by atoms with Gasteiger partial charge >= 0.3 is 0 Å². The van der Waals surface area contributed by atoms with Crippen molar-refractivity contribution in [2.45, 2.75) is 10.6 Å². The molecule has 0 aliphatic carbocycles. The maximum Gasteiger partial charge on any atom is 0.264 e. The van der Waals surface area contributed by atoms with Crippen molar-refractivity contribution >= 4 is 38.7 Å². The monoisotopic (exact) mass is 396 g/mol. The predicted molar refractivity (Wildman–Crippen MR) is 99.1 cm³/mol. The number of hydrogen-bond donors (Lipinski definition) is 0. The largest absolute Gasteiger partial charge is 0.335 e. The summed E-state index contributed by atoms with van der Waals surface area (Å²) in [5.74, 6) is -0.0947. The summed E-state index contributed by atoms with van der Waals surface area (Å²) in [6, 6.07) is 6.66. The van der Waals surface area contributed by atoms with E-state index in [1.165, 1.54) is 17.4 Å². The molecule has 0 atom stereocenters. The second kappa shape index (κ2) is 6.09. The number of piperazine rings is 1. The molecule has 1 aromatic heterocycles. The Labute approximate surface area is 155 Å². The molecule has 132 valence electrons. The van der Waals surface area contributed by atoms with Gasteiger partial charge in [-0.2, -0.15) is 0 Å². The molecular weight excluding hydrogens is 380 g/mol. The molecule has 0 spiro atoms. The van der Waals surface area contributed by atoms with E-state index >= 15 is 0 Å². The Morgan fingerprint density at radius 1 is 1.16 bits per heavy atom. The number of fused-ring (bicyclic) bond motifs is 3. The third-order valence-electron chi connectivity index (χ3n) is 4.68. The number of carbonyl (C=O) groups excluding carboxylic acids is 1. The van der Waals surface area contributed by atoms with Crippen LogP contribution >= 0.6 is 22.9 Å². The van der Waals surface area contributed by atoms with Crippen molar-refractivity contribution in [1.29, 1.82) is 0 Å². The zero-order valence-electron chi connectivity index (χ0n) is 13.7. The summed E-state index contributed by atoms with van der Waals surface area (Å²) in [6.45, 7) is 3.10. The van der Waals surface area contributed by atoms with Crippen LogP contribution in [0, 0.1) is 0 Å². The maximum atomic E-state index is 12.8. The number of hydrogen-bond acceptors (Lipinski definition) is 5. The summed E-state index contributed by atoms with van der Waals surface area (Å²) < 4.78 is 25.1. The topological polar surface area (TPSA) is 57.7 Å². The fraction of sp³-hybridized carbons (Fsp3) is 0.353. The van der Waals surface area contributed by atoms with Crippen LogP contribution in [0.25, 0.3) is 10.4 Å². The van der Waals surface area contributed by atoms with E-state index in [1.807, 2.05) is 11.9 Å². The fourth-order valence-corrected chi connectivity index (χ4v) is 6.44. The molecule has 0 unspecified atom stereocenters. The SMILES string of the molecule is CN1CCN(C(=O)c2cc3c(s2)-c2ccc(Cl)cc2S(=O)(=O)C3)CC1. The Balaban J connectivity index is 1.73. The lowest BCUT2D eigenvalue weighted by molar-refractivity contribution is 0.0669. The molecule has 25 heavy (non-hydrogen) atoms. The molecule has 1 fully saturated rings. The average molecular weight is 397 g/mol. The Hall–Kier alpha value is -1.41. The highest BCUT2D eigenvalue weighted by Gasteiger charge is 2.32. The van der Waals surface area contributed by atoms with E-state index < -0.39 is 9.84 Å². The first-order chi connectivity index (χ1) is 11.8. The van der Waals surface area contributed by atoms with E-state index in [2.05, 4.69) is 4.90 Å². The summed E-state index contributed by atoms with van der Waals surface area (Å²) >= 11 is 7.35.